The van der Waals surface area contributed by atoms with Gasteiger partial charge in [-0.05, 0) is 33.1 Å². The van der Waals surface area contributed by atoms with Crippen LogP contribution in [0.5, 0.6) is 0 Å². The van der Waals surface area contributed by atoms with Crippen LogP contribution in [0.15, 0.2) is 0 Å². The molecule has 0 heterocycles. The first-order valence-electron chi connectivity index (χ1n) is 5.91. The monoisotopic (exact) mass is 233 g/mol. The summed E-state index contributed by atoms with van der Waals surface area (Å²) in [6.07, 6.45) is 1.55. The molecule has 0 spiro atoms. The number of hydrogen-bond donors (Lipinski definition) is 1. The highest BCUT2D eigenvalue weighted by atomic mass is 16.7. The number of nitrogens with two attached hydrogens (primary N) is 1. The van der Waals surface area contributed by atoms with E-state index in [4.69, 9.17) is 15.2 Å². The quantitative estimate of drug-likeness (QED) is 0.539. The molecular formula is C12H27NO3. The van der Waals surface area contributed by atoms with Crippen LogP contribution in [0.2, 0.25) is 0 Å². The Bertz CT molecular complexity index is 145. The van der Waals surface area contributed by atoms with Crippen molar-refractivity contribution in [3.63, 3.8) is 0 Å². The smallest absolute Gasteiger partial charge is 0.154 e. The molecule has 0 rings (SSSR count). The van der Waals surface area contributed by atoms with E-state index in [-0.39, 0.29) is 12.3 Å². The van der Waals surface area contributed by atoms with E-state index < -0.39 is 0 Å². The summed E-state index contributed by atoms with van der Waals surface area (Å²) in [4.78, 5) is 9.92. The Balaban J connectivity index is 0. The molecule has 4 nitrogen and oxygen atoms in total. The fraction of sp³-hybridized carbons (Fsp3) is 0.917. The molecule has 0 aliphatic heterocycles. The first kappa shape index (κ1) is 17.9. The first-order valence-corrected chi connectivity index (χ1v) is 5.91. The predicted octanol–water partition coefficient (Wildman–Crippen LogP) is 1.96. The van der Waals surface area contributed by atoms with Gasteiger partial charge in [0.05, 0.1) is 6.04 Å². The SMILES string of the molecule is CC(C)CC(N)C=O.CCOC(C)OCC. The number of ether oxygens (including phenoxy) is 2. The van der Waals surface area contributed by atoms with Gasteiger partial charge in [0.15, 0.2) is 6.29 Å². The molecule has 0 fully saturated rings. The lowest BCUT2D eigenvalue weighted by Gasteiger charge is -2.09. The largest absolute Gasteiger partial charge is 0.353 e. The zero-order chi connectivity index (χ0) is 13.0. The van der Waals surface area contributed by atoms with Crippen LogP contribution in [0, 0.1) is 5.92 Å². The Labute approximate surface area is 99.5 Å². The van der Waals surface area contributed by atoms with Crippen molar-refractivity contribution >= 4 is 6.29 Å². The van der Waals surface area contributed by atoms with E-state index >= 15 is 0 Å². The van der Waals surface area contributed by atoms with E-state index in [1.54, 1.807) is 0 Å². The average molecular weight is 233 g/mol. The second-order valence-corrected chi connectivity index (χ2v) is 3.91. The molecule has 0 aromatic carbocycles. The molecule has 1 unspecified atom stereocenters. The zero-order valence-corrected chi connectivity index (χ0v) is 11.2. The van der Waals surface area contributed by atoms with Gasteiger partial charge >= 0.3 is 0 Å². The molecular weight excluding hydrogens is 206 g/mol. The molecule has 0 aliphatic rings. The van der Waals surface area contributed by atoms with Crippen LogP contribution in [0.4, 0.5) is 0 Å². The molecule has 4 heteroatoms. The molecule has 0 aromatic rings. The minimum Gasteiger partial charge on any atom is -0.353 e. The van der Waals surface area contributed by atoms with E-state index in [1.807, 2.05) is 34.6 Å². The maximum absolute atomic E-state index is 9.92. The Kier molecular flexibility index (Phi) is 14.1. The summed E-state index contributed by atoms with van der Waals surface area (Å²) in [6.45, 7) is 11.3. The van der Waals surface area contributed by atoms with E-state index in [0.29, 0.717) is 5.92 Å². The molecule has 0 aromatic heterocycles. The van der Waals surface area contributed by atoms with Crippen LogP contribution in [-0.4, -0.2) is 31.8 Å². The van der Waals surface area contributed by atoms with Gasteiger partial charge in [0.2, 0.25) is 0 Å². The standard InChI is InChI=1S/C6H13NO.C6H14O2/c1-5(2)3-6(7)4-8;1-4-7-6(3)8-5-2/h4-6H,3,7H2,1-2H3;6H,4-5H2,1-3H3. The van der Waals surface area contributed by atoms with Crippen LogP contribution in [0.25, 0.3) is 0 Å². The van der Waals surface area contributed by atoms with Gasteiger partial charge in [-0.25, -0.2) is 0 Å². The fourth-order valence-electron chi connectivity index (χ4n) is 1.12. The summed E-state index contributed by atoms with van der Waals surface area (Å²) >= 11 is 0. The molecule has 0 bridgehead atoms. The average Bonchev–Trinajstić information content (AvgIpc) is 2.18. The lowest BCUT2D eigenvalue weighted by atomic mass is 10.1. The van der Waals surface area contributed by atoms with Gasteiger partial charge in [0.25, 0.3) is 0 Å². The van der Waals surface area contributed by atoms with Gasteiger partial charge in [0, 0.05) is 13.2 Å². The summed E-state index contributed by atoms with van der Waals surface area (Å²) in [5.74, 6) is 0.523. The maximum Gasteiger partial charge on any atom is 0.154 e. The van der Waals surface area contributed by atoms with Crippen molar-refractivity contribution in [3.05, 3.63) is 0 Å². The van der Waals surface area contributed by atoms with Crippen molar-refractivity contribution in [1.29, 1.82) is 0 Å². The van der Waals surface area contributed by atoms with Gasteiger partial charge in [-0.3, -0.25) is 0 Å². The Morgan fingerprint density at radius 3 is 1.75 bits per heavy atom. The molecule has 16 heavy (non-hydrogen) atoms. The number of carbonyl (C=O) groups excluding carboxylic acids is 1. The number of aldehydes is 1. The highest BCUT2D eigenvalue weighted by molar-refractivity contribution is 5.56. The van der Waals surface area contributed by atoms with Crippen LogP contribution in [0.3, 0.4) is 0 Å². The van der Waals surface area contributed by atoms with Crippen molar-refractivity contribution < 1.29 is 14.3 Å². The highest BCUT2D eigenvalue weighted by Crippen LogP contribution is 1.99. The molecule has 0 radical (unpaired) electrons. The third-order valence-corrected chi connectivity index (χ3v) is 1.72. The van der Waals surface area contributed by atoms with Crippen LogP contribution in [-0.2, 0) is 14.3 Å². The van der Waals surface area contributed by atoms with Crippen LogP contribution in [0.1, 0.15) is 41.0 Å². The van der Waals surface area contributed by atoms with Crippen molar-refractivity contribution in [1.82, 2.24) is 0 Å². The first-order chi connectivity index (χ1) is 7.47. The molecule has 98 valence electrons. The zero-order valence-electron chi connectivity index (χ0n) is 11.2. The van der Waals surface area contributed by atoms with Crippen molar-refractivity contribution in [2.24, 2.45) is 11.7 Å². The van der Waals surface area contributed by atoms with Crippen LogP contribution < -0.4 is 5.73 Å². The third-order valence-electron chi connectivity index (χ3n) is 1.72. The maximum atomic E-state index is 9.92. The molecule has 0 saturated carbocycles. The summed E-state index contributed by atoms with van der Waals surface area (Å²) < 4.78 is 10.1. The van der Waals surface area contributed by atoms with Gasteiger partial charge in [0.1, 0.15) is 6.29 Å². The number of rotatable bonds is 7. The van der Waals surface area contributed by atoms with Gasteiger partial charge in [-0.1, -0.05) is 13.8 Å². The van der Waals surface area contributed by atoms with Gasteiger partial charge < -0.3 is 20.0 Å². The van der Waals surface area contributed by atoms with Gasteiger partial charge in [-0.2, -0.15) is 0 Å². The third kappa shape index (κ3) is 16.0. The lowest BCUT2D eigenvalue weighted by molar-refractivity contribution is -0.123. The lowest BCUT2D eigenvalue weighted by Crippen LogP contribution is -2.23. The molecule has 0 amide bonds. The minimum absolute atomic E-state index is 0.0370. The minimum atomic E-state index is -0.255. The molecule has 0 saturated heterocycles. The summed E-state index contributed by atoms with van der Waals surface area (Å²) in [5.41, 5.74) is 5.31. The summed E-state index contributed by atoms with van der Waals surface area (Å²) in [7, 11) is 0. The van der Waals surface area contributed by atoms with E-state index in [1.165, 1.54) is 0 Å². The number of carbonyl (C=O) groups is 1. The van der Waals surface area contributed by atoms with E-state index in [0.717, 1.165) is 25.9 Å². The number of hydrogen-bond acceptors (Lipinski definition) is 4. The molecule has 0 aliphatic carbocycles. The normalized spacial score (nSPS) is 12.2. The molecule has 1 atom stereocenters. The second-order valence-electron chi connectivity index (χ2n) is 3.91. The Hall–Kier alpha value is -0.450. The van der Waals surface area contributed by atoms with E-state index in [9.17, 15) is 4.79 Å². The van der Waals surface area contributed by atoms with Crippen molar-refractivity contribution in [2.45, 2.75) is 53.4 Å². The van der Waals surface area contributed by atoms with Crippen molar-refractivity contribution in [2.75, 3.05) is 13.2 Å². The highest BCUT2D eigenvalue weighted by Gasteiger charge is 2.01. The van der Waals surface area contributed by atoms with Gasteiger partial charge in [-0.15, -0.1) is 0 Å². The van der Waals surface area contributed by atoms with E-state index in [2.05, 4.69) is 0 Å². The summed E-state index contributed by atoms with van der Waals surface area (Å²) in [6, 6.07) is -0.255. The van der Waals surface area contributed by atoms with Crippen molar-refractivity contribution in [3.8, 4) is 0 Å². The van der Waals surface area contributed by atoms with Crippen LogP contribution >= 0.6 is 0 Å². The second kappa shape index (κ2) is 12.6. The Morgan fingerprint density at radius 1 is 1.12 bits per heavy atom. The molecule has 2 N–H and O–H groups in total. The topological polar surface area (TPSA) is 61.6 Å². The summed E-state index contributed by atoms with van der Waals surface area (Å²) in [5, 5.41) is 0. The fourth-order valence-corrected chi connectivity index (χ4v) is 1.12. The Morgan fingerprint density at radius 2 is 1.56 bits per heavy atom. The predicted molar refractivity (Wildman–Crippen MR) is 66.2 cm³/mol.